The number of nitrogens with one attached hydrogen (secondary N) is 1. The Morgan fingerprint density at radius 1 is 0.955 bits per heavy atom. The second-order valence-electron chi connectivity index (χ2n) is 4.67. The molecule has 2 aromatic carbocycles. The molecule has 2 rings (SSSR count). The minimum Gasteiger partial charge on any atom is -0.457 e. The lowest BCUT2D eigenvalue weighted by Gasteiger charge is -2.08. The van der Waals surface area contributed by atoms with Gasteiger partial charge in [0.15, 0.2) is 0 Å². The molecule has 5 heteroatoms. The predicted molar refractivity (Wildman–Crippen MR) is 84.7 cm³/mol. The molecule has 0 aliphatic rings. The van der Waals surface area contributed by atoms with Crippen molar-refractivity contribution in [1.29, 1.82) is 10.5 Å². The van der Waals surface area contributed by atoms with E-state index in [2.05, 4.69) is 17.5 Å². The van der Waals surface area contributed by atoms with Gasteiger partial charge in [-0.1, -0.05) is 6.07 Å². The van der Waals surface area contributed by atoms with E-state index in [-0.39, 0.29) is 5.71 Å². The third-order valence-electron chi connectivity index (χ3n) is 3.08. The number of hydrogen-bond donors (Lipinski definition) is 1. The van der Waals surface area contributed by atoms with Gasteiger partial charge in [-0.25, -0.2) is 0 Å². The van der Waals surface area contributed by atoms with E-state index in [1.807, 2.05) is 25.1 Å². The van der Waals surface area contributed by atoms with Gasteiger partial charge < -0.3 is 4.74 Å². The van der Waals surface area contributed by atoms with Gasteiger partial charge in [-0.2, -0.15) is 15.6 Å². The molecule has 5 nitrogen and oxygen atoms in total. The van der Waals surface area contributed by atoms with Crippen LogP contribution in [0.3, 0.4) is 0 Å². The molecule has 0 aliphatic heterocycles. The average Bonchev–Trinajstić information content (AvgIpc) is 2.53. The minimum absolute atomic E-state index is 0.226. The van der Waals surface area contributed by atoms with Crippen LogP contribution in [0.2, 0.25) is 0 Å². The molecule has 0 aliphatic carbocycles. The average molecular weight is 290 g/mol. The molecule has 108 valence electrons. The first-order chi connectivity index (χ1) is 10.6. The highest BCUT2D eigenvalue weighted by Crippen LogP contribution is 2.24. The summed E-state index contributed by atoms with van der Waals surface area (Å²) in [4.78, 5) is 0. The van der Waals surface area contributed by atoms with Crippen LogP contribution >= 0.6 is 0 Å². The van der Waals surface area contributed by atoms with Crippen molar-refractivity contribution in [3.05, 3.63) is 53.6 Å². The largest absolute Gasteiger partial charge is 0.457 e. The van der Waals surface area contributed by atoms with E-state index in [0.29, 0.717) is 11.4 Å². The quantitative estimate of drug-likeness (QED) is 0.683. The molecule has 0 fully saturated rings. The summed E-state index contributed by atoms with van der Waals surface area (Å²) in [6.07, 6.45) is 0. The van der Waals surface area contributed by atoms with Crippen molar-refractivity contribution in [2.45, 2.75) is 13.8 Å². The van der Waals surface area contributed by atoms with Gasteiger partial charge in [0.25, 0.3) is 0 Å². The van der Waals surface area contributed by atoms with Gasteiger partial charge in [0.2, 0.25) is 5.71 Å². The fourth-order valence-electron chi connectivity index (χ4n) is 1.71. The number of nitriles is 2. The van der Waals surface area contributed by atoms with Crippen LogP contribution in [0, 0.1) is 36.5 Å². The molecule has 0 saturated heterocycles. The van der Waals surface area contributed by atoms with Crippen molar-refractivity contribution in [3.63, 3.8) is 0 Å². The van der Waals surface area contributed by atoms with Gasteiger partial charge in [0, 0.05) is 0 Å². The van der Waals surface area contributed by atoms with Crippen molar-refractivity contribution in [2.24, 2.45) is 5.10 Å². The number of anilines is 1. The second-order valence-corrected chi connectivity index (χ2v) is 4.67. The molecule has 0 saturated carbocycles. The number of ether oxygens (including phenoxy) is 1. The molecule has 0 aromatic heterocycles. The summed E-state index contributed by atoms with van der Waals surface area (Å²) in [5, 5.41) is 20.9. The van der Waals surface area contributed by atoms with Gasteiger partial charge in [-0.3, -0.25) is 5.43 Å². The molecule has 0 atom stereocenters. The molecule has 0 amide bonds. The summed E-state index contributed by atoms with van der Waals surface area (Å²) in [6.45, 7) is 4.09. The number of hydrazone groups is 1. The topological polar surface area (TPSA) is 81.2 Å². The van der Waals surface area contributed by atoms with Crippen LogP contribution in [-0.4, -0.2) is 5.71 Å². The number of aryl methyl sites for hydroxylation is 2. The smallest absolute Gasteiger partial charge is 0.237 e. The van der Waals surface area contributed by atoms with Crippen molar-refractivity contribution in [1.82, 2.24) is 0 Å². The first-order valence-electron chi connectivity index (χ1n) is 6.61. The summed E-state index contributed by atoms with van der Waals surface area (Å²) in [7, 11) is 0. The Hall–Kier alpha value is -3.31. The maximum absolute atomic E-state index is 8.59. The first-order valence-corrected chi connectivity index (χ1v) is 6.61. The maximum Gasteiger partial charge on any atom is 0.237 e. The van der Waals surface area contributed by atoms with Gasteiger partial charge in [0.05, 0.1) is 5.69 Å². The molecule has 0 unspecified atom stereocenters. The van der Waals surface area contributed by atoms with Crippen LogP contribution in [0.5, 0.6) is 11.5 Å². The molecule has 22 heavy (non-hydrogen) atoms. The molecule has 1 N–H and O–H groups in total. The Balaban J connectivity index is 2.06. The van der Waals surface area contributed by atoms with Gasteiger partial charge >= 0.3 is 0 Å². The lowest BCUT2D eigenvalue weighted by Crippen LogP contribution is -1.96. The monoisotopic (exact) mass is 290 g/mol. The normalized spacial score (nSPS) is 9.27. The highest BCUT2D eigenvalue weighted by Gasteiger charge is 2.00. The standard InChI is InChI=1S/C17H14N4O/c1-12-3-6-17(9-13(12)2)22-16-7-4-14(5-8-16)20-21-15(10-18)11-19/h3-9,20H,1-2H3. The van der Waals surface area contributed by atoms with Crippen LogP contribution in [0.1, 0.15) is 11.1 Å². The summed E-state index contributed by atoms with van der Waals surface area (Å²) < 4.78 is 5.77. The van der Waals surface area contributed by atoms with E-state index >= 15 is 0 Å². The third-order valence-corrected chi connectivity index (χ3v) is 3.08. The summed E-state index contributed by atoms with van der Waals surface area (Å²) in [5.74, 6) is 1.47. The zero-order valence-corrected chi connectivity index (χ0v) is 12.3. The van der Waals surface area contributed by atoms with Crippen LogP contribution in [0.15, 0.2) is 47.6 Å². The fourth-order valence-corrected chi connectivity index (χ4v) is 1.71. The zero-order valence-electron chi connectivity index (χ0n) is 12.3. The Bertz CT molecular complexity index is 764. The Labute approximate surface area is 129 Å². The number of rotatable bonds is 4. The molecular weight excluding hydrogens is 276 g/mol. The Kier molecular flexibility index (Phi) is 4.74. The number of hydrogen-bond acceptors (Lipinski definition) is 5. The molecule has 0 radical (unpaired) electrons. The fraction of sp³-hybridized carbons (Fsp3) is 0.118. The SMILES string of the molecule is Cc1ccc(Oc2ccc(NN=C(C#N)C#N)cc2)cc1C. The Morgan fingerprint density at radius 2 is 1.59 bits per heavy atom. The van der Waals surface area contributed by atoms with Crippen molar-refractivity contribution in [3.8, 4) is 23.6 Å². The van der Waals surface area contributed by atoms with Gasteiger partial charge in [-0.15, -0.1) is 0 Å². The van der Waals surface area contributed by atoms with Crippen molar-refractivity contribution in [2.75, 3.05) is 5.43 Å². The van der Waals surface area contributed by atoms with E-state index in [9.17, 15) is 0 Å². The van der Waals surface area contributed by atoms with E-state index in [0.717, 1.165) is 5.75 Å². The second kappa shape index (κ2) is 6.92. The molecule has 0 spiro atoms. The highest BCUT2D eigenvalue weighted by molar-refractivity contribution is 6.10. The summed E-state index contributed by atoms with van der Waals surface area (Å²) in [5.41, 5.74) is 5.47. The van der Waals surface area contributed by atoms with Crippen LogP contribution < -0.4 is 10.2 Å². The zero-order chi connectivity index (χ0) is 15.9. The lowest BCUT2D eigenvalue weighted by atomic mass is 10.1. The number of nitrogens with zero attached hydrogens (tertiary/aromatic N) is 3. The predicted octanol–water partition coefficient (Wildman–Crippen LogP) is 3.91. The van der Waals surface area contributed by atoms with E-state index in [1.165, 1.54) is 11.1 Å². The minimum atomic E-state index is -0.226. The molecule has 2 aromatic rings. The van der Waals surface area contributed by atoms with Crippen LogP contribution in [0.25, 0.3) is 0 Å². The van der Waals surface area contributed by atoms with E-state index in [4.69, 9.17) is 15.3 Å². The number of benzene rings is 2. The third kappa shape index (κ3) is 3.84. The van der Waals surface area contributed by atoms with Crippen molar-refractivity contribution < 1.29 is 4.74 Å². The maximum atomic E-state index is 8.59. The molecule has 0 bridgehead atoms. The molecular formula is C17H14N4O. The Morgan fingerprint density at radius 3 is 2.18 bits per heavy atom. The van der Waals surface area contributed by atoms with E-state index in [1.54, 1.807) is 36.4 Å². The first kappa shape index (κ1) is 15.1. The van der Waals surface area contributed by atoms with Gasteiger partial charge in [-0.05, 0) is 61.4 Å². The van der Waals surface area contributed by atoms with Crippen LogP contribution in [-0.2, 0) is 0 Å². The van der Waals surface area contributed by atoms with E-state index < -0.39 is 0 Å². The lowest BCUT2D eigenvalue weighted by molar-refractivity contribution is 0.482. The summed E-state index contributed by atoms with van der Waals surface area (Å²) >= 11 is 0. The van der Waals surface area contributed by atoms with Crippen molar-refractivity contribution >= 4 is 11.4 Å². The van der Waals surface area contributed by atoms with Crippen LogP contribution in [0.4, 0.5) is 5.69 Å². The van der Waals surface area contributed by atoms with Gasteiger partial charge in [0.1, 0.15) is 23.6 Å². The molecule has 0 heterocycles. The highest BCUT2D eigenvalue weighted by atomic mass is 16.5. The summed E-state index contributed by atoms with van der Waals surface area (Å²) in [6, 6.07) is 16.4.